The summed E-state index contributed by atoms with van der Waals surface area (Å²) in [5.74, 6) is 1.50. The average Bonchev–Trinajstić information content (AvgIpc) is 3.09. The molecule has 6 nitrogen and oxygen atoms in total. The number of ether oxygens (including phenoxy) is 2. The van der Waals surface area contributed by atoms with Gasteiger partial charge in [0.15, 0.2) is 17.1 Å². The Hall–Kier alpha value is -3.02. The van der Waals surface area contributed by atoms with E-state index in [2.05, 4.69) is 5.16 Å². The standard InChI is InChI=1S/C20H20N2O4/c1-2-22(13-14-7-8-18-19(11-14)25-10-9-24-18)20(23)12-16-15-5-3-4-6-17(15)26-21-16/h3-8,11H,2,9-10,12-13H2,1H3. The van der Waals surface area contributed by atoms with E-state index in [1.54, 1.807) is 4.90 Å². The Balaban J connectivity index is 1.49. The lowest BCUT2D eigenvalue weighted by atomic mass is 10.1. The van der Waals surface area contributed by atoms with Crippen LogP contribution in [0.3, 0.4) is 0 Å². The van der Waals surface area contributed by atoms with Crippen molar-refractivity contribution >= 4 is 16.9 Å². The molecule has 1 aliphatic heterocycles. The molecule has 1 aliphatic rings. The number of hydrogen-bond donors (Lipinski definition) is 0. The van der Waals surface area contributed by atoms with Crippen LogP contribution >= 0.6 is 0 Å². The minimum Gasteiger partial charge on any atom is -0.486 e. The van der Waals surface area contributed by atoms with Crippen LogP contribution in [0.2, 0.25) is 0 Å². The number of carbonyl (C=O) groups is 1. The molecule has 0 N–H and O–H groups in total. The molecule has 0 unspecified atom stereocenters. The van der Waals surface area contributed by atoms with Crippen molar-refractivity contribution in [3.05, 3.63) is 53.7 Å². The van der Waals surface area contributed by atoms with Crippen LogP contribution < -0.4 is 9.47 Å². The van der Waals surface area contributed by atoms with Gasteiger partial charge in [-0.1, -0.05) is 23.4 Å². The van der Waals surface area contributed by atoms with Crippen LogP contribution in [-0.2, 0) is 17.8 Å². The predicted octanol–water partition coefficient (Wildman–Crippen LogP) is 3.19. The Labute approximate surface area is 151 Å². The van der Waals surface area contributed by atoms with Crippen LogP contribution in [-0.4, -0.2) is 35.7 Å². The highest BCUT2D eigenvalue weighted by Gasteiger charge is 2.18. The molecule has 0 fully saturated rings. The Morgan fingerprint density at radius 1 is 1.12 bits per heavy atom. The van der Waals surface area contributed by atoms with Crippen molar-refractivity contribution in [2.24, 2.45) is 0 Å². The second kappa shape index (κ2) is 7.07. The Morgan fingerprint density at radius 3 is 2.77 bits per heavy atom. The maximum Gasteiger partial charge on any atom is 0.229 e. The number of aromatic nitrogens is 1. The number of hydrogen-bond acceptors (Lipinski definition) is 5. The van der Waals surface area contributed by atoms with Crippen LogP contribution in [0.25, 0.3) is 11.0 Å². The summed E-state index contributed by atoms with van der Waals surface area (Å²) in [5.41, 5.74) is 2.38. The van der Waals surface area contributed by atoms with Gasteiger partial charge in [-0.15, -0.1) is 0 Å². The summed E-state index contributed by atoms with van der Waals surface area (Å²) in [7, 11) is 0. The van der Waals surface area contributed by atoms with Crippen molar-refractivity contribution in [1.82, 2.24) is 10.1 Å². The molecular weight excluding hydrogens is 332 g/mol. The van der Waals surface area contributed by atoms with Crippen molar-refractivity contribution < 1.29 is 18.8 Å². The van der Waals surface area contributed by atoms with Crippen molar-refractivity contribution in [3.63, 3.8) is 0 Å². The van der Waals surface area contributed by atoms with E-state index < -0.39 is 0 Å². The smallest absolute Gasteiger partial charge is 0.229 e. The fourth-order valence-electron chi connectivity index (χ4n) is 3.10. The van der Waals surface area contributed by atoms with Gasteiger partial charge in [0.2, 0.25) is 5.91 Å². The van der Waals surface area contributed by atoms with Crippen molar-refractivity contribution in [3.8, 4) is 11.5 Å². The molecule has 2 aromatic carbocycles. The number of benzene rings is 2. The molecule has 4 rings (SSSR count). The zero-order valence-electron chi connectivity index (χ0n) is 14.6. The first-order valence-electron chi connectivity index (χ1n) is 8.74. The zero-order chi connectivity index (χ0) is 17.9. The van der Waals surface area contributed by atoms with Gasteiger partial charge in [-0.3, -0.25) is 4.79 Å². The second-order valence-corrected chi connectivity index (χ2v) is 6.19. The van der Waals surface area contributed by atoms with E-state index in [1.165, 1.54) is 0 Å². The first kappa shape index (κ1) is 16.4. The monoisotopic (exact) mass is 352 g/mol. The number of fused-ring (bicyclic) bond motifs is 2. The van der Waals surface area contributed by atoms with Gasteiger partial charge < -0.3 is 18.9 Å². The number of amides is 1. The van der Waals surface area contributed by atoms with E-state index >= 15 is 0 Å². The predicted molar refractivity (Wildman–Crippen MR) is 96.2 cm³/mol. The lowest BCUT2D eigenvalue weighted by Crippen LogP contribution is -2.31. The maximum absolute atomic E-state index is 12.8. The molecule has 0 atom stereocenters. The van der Waals surface area contributed by atoms with Gasteiger partial charge in [-0.25, -0.2) is 0 Å². The lowest BCUT2D eigenvalue weighted by Gasteiger charge is -2.23. The Bertz CT molecular complexity index is 934. The van der Waals surface area contributed by atoms with Crippen molar-refractivity contribution in [1.29, 1.82) is 0 Å². The summed E-state index contributed by atoms with van der Waals surface area (Å²) in [6, 6.07) is 13.4. The zero-order valence-corrected chi connectivity index (χ0v) is 14.6. The summed E-state index contributed by atoms with van der Waals surface area (Å²) in [5, 5.41) is 4.94. The van der Waals surface area contributed by atoms with Gasteiger partial charge >= 0.3 is 0 Å². The largest absolute Gasteiger partial charge is 0.486 e. The molecular formula is C20H20N2O4. The highest BCUT2D eigenvalue weighted by molar-refractivity contribution is 5.86. The normalized spacial score (nSPS) is 13.0. The molecule has 0 aliphatic carbocycles. The highest BCUT2D eigenvalue weighted by Crippen LogP contribution is 2.31. The molecule has 1 amide bonds. The Kier molecular flexibility index (Phi) is 4.48. The van der Waals surface area contributed by atoms with Crippen LogP contribution in [0.5, 0.6) is 11.5 Å². The summed E-state index contributed by atoms with van der Waals surface area (Å²) < 4.78 is 16.5. The van der Waals surface area contributed by atoms with Crippen LogP contribution in [0, 0.1) is 0 Å². The topological polar surface area (TPSA) is 64.8 Å². The number of carbonyl (C=O) groups excluding carboxylic acids is 1. The van der Waals surface area contributed by atoms with E-state index in [-0.39, 0.29) is 12.3 Å². The molecule has 0 radical (unpaired) electrons. The van der Waals surface area contributed by atoms with Gasteiger partial charge in [-0.2, -0.15) is 0 Å². The van der Waals surface area contributed by atoms with Crippen LogP contribution in [0.4, 0.5) is 0 Å². The third-order valence-corrected chi connectivity index (χ3v) is 4.49. The molecule has 6 heteroatoms. The molecule has 0 saturated heterocycles. The van der Waals surface area contributed by atoms with Gasteiger partial charge in [0.25, 0.3) is 0 Å². The molecule has 1 aromatic heterocycles. The first-order chi connectivity index (χ1) is 12.7. The minimum atomic E-state index is 0.0152. The molecule has 0 saturated carbocycles. The quantitative estimate of drug-likeness (QED) is 0.706. The fourth-order valence-corrected chi connectivity index (χ4v) is 3.10. The summed E-state index contributed by atoms with van der Waals surface area (Å²) in [4.78, 5) is 14.6. The third kappa shape index (κ3) is 3.22. The maximum atomic E-state index is 12.8. The lowest BCUT2D eigenvalue weighted by molar-refractivity contribution is -0.130. The third-order valence-electron chi connectivity index (χ3n) is 4.49. The molecule has 2 heterocycles. The fraction of sp³-hybridized carbons (Fsp3) is 0.300. The number of rotatable bonds is 5. The van der Waals surface area contributed by atoms with Crippen LogP contribution in [0.1, 0.15) is 18.2 Å². The van der Waals surface area contributed by atoms with Gasteiger partial charge in [0.05, 0.1) is 6.42 Å². The van der Waals surface area contributed by atoms with Gasteiger partial charge in [0, 0.05) is 18.5 Å². The van der Waals surface area contributed by atoms with Crippen molar-refractivity contribution in [2.75, 3.05) is 19.8 Å². The van der Waals surface area contributed by atoms with E-state index in [1.807, 2.05) is 49.4 Å². The molecule has 0 spiro atoms. The number of nitrogens with zero attached hydrogens (tertiary/aromatic N) is 2. The van der Waals surface area contributed by atoms with E-state index in [0.29, 0.717) is 37.6 Å². The summed E-state index contributed by atoms with van der Waals surface area (Å²) in [6.07, 6.45) is 0.218. The van der Waals surface area contributed by atoms with Crippen LogP contribution in [0.15, 0.2) is 47.0 Å². The first-order valence-corrected chi connectivity index (χ1v) is 8.74. The summed E-state index contributed by atoms with van der Waals surface area (Å²) in [6.45, 7) is 4.21. The van der Waals surface area contributed by atoms with E-state index in [9.17, 15) is 4.79 Å². The molecule has 3 aromatic rings. The van der Waals surface area contributed by atoms with Crippen molar-refractivity contribution in [2.45, 2.75) is 19.9 Å². The molecule has 26 heavy (non-hydrogen) atoms. The van der Waals surface area contributed by atoms with E-state index in [0.717, 1.165) is 22.4 Å². The molecule has 0 bridgehead atoms. The van der Waals surface area contributed by atoms with Gasteiger partial charge in [0.1, 0.15) is 18.9 Å². The van der Waals surface area contributed by atoms with Gasteiger partial charge in [-0.05, 0) is 36.8 Å². The average molecular weight is 352 g/mol. The number of likely N-dealkylation sites (N-methyl/N-ethyl adjacent to an activating group) is 1. The highest BCUT2D eigenvalue weighted by atomic mass is 16.6. The minimum absolute atomic E-state index is 0.0152. The second-order valence-electron chi connectivity index (χ2n) is 6.19. The molecule has 134 valence electrons. The number of para-hydroxylation sites is 1. The Morgan fingerprint density at radius 2 is 1.92 bits per heavy atom. The van der Waals surface area contributed by atoms with E-state index in [4.69, 9.17) is 14.0 Å². The summed E-state index contributed by atoms with van der Waals surface area (Å²) >= 11 is 0. The SMILES string of the molecule is CCN(Cc1ccc2c(c1)OCCO2)C(=O)Cc1noc2ccccc12.